The van der Waals surface area contributed by atoms with Gasteiger partial charge in [0.1, 0.15) is 5.69 Å². The third-order valence-electron chi connectivity index (χ3n) is 4.18. The number of ether oxygens (including phenoxy) is 1. The van der Waals surface area contributed by atoms with Crippen LogP contribution < -0.4 is 5.32 Å². The molecule has 6 heteroatoms. The van der Waals surface area contributed by atoms with E-state index in [-0.39, 0.29) is 12.0 Å². The van der Waals surface area contributed by atoms with Crippen molar-refractivity contribution in [3.63, 3.8) is 0 Å². The van der Waals surface area contributed by atoms with Gasteiger partial charge in [-0.3, -0.25) is 14.8 Å². The maximum atomic E-state index is 12.1. The van der Waals surface area contributed by atoms with Gasteiger partial charge in [-0.15, -0.1) is 0 Å². The molecule has 0 spiro atoms. The van der Waals surface area contributed by atoms with Crippen LogP contribution in [0.2, 0.25) is 0 Å². The van der Waals surface area contributed by atoms with E-state index in [9.17, 15) is 4.79 Å². The molecule has 1 aliphatic carbocycles. The number of morpholine rings is 1. The third-order valence-corrected chi connectivity index (χ3v) is 4.18. The van der Waals surface area contributed by atoms with Gasteiger partial charge in [0.25, 0.3) is 5.91 Å². The minimum Gasteiger partial charge on any atom is -0.374 e. The molecule has 0 radical (unpaired) electrons. The lowest BCUT2D eigenvalue weighted by Gasteiger charge is -2.33. The fraction of sp³-hybridized carbons (Fsp3) is 0.750. The molecule has 2 aliphatic rings. The summed E-state index contributed by atoms with van der Waals surface area (Å²) >= 11 is 0. The highest BCUT2D eigenvalue weighted by molar-refractivity contribution is 5.92. The van der Waals surface area contributed by atoms with Crippen LogP contribution in [-0.2, 0) is 4.74 Å². The van der Waals surface area contributed by atoms with E-state index < -0.39 is 0 Å². The summed E-state index contributed by atoms with van der Waals surface area (Å²) in [6, 6.07) is 1.87. The molecular weight excluding hydrogens is 280 g/mol. The molecule has 1 aromatic rings. The number of amides is 1. The van der Waals surface area contributed by atoms with E-state index >= 15 is 0 Å². The quantitative estimate of drug-likeness (QED) is 0.833. The lowest BCUT2D eigenvalue weighted by molar-refractivity contribution is -0.0295. The van der Waals surface area contributed by atoms with Gasteiger partial charge in [-0.1, -0.05) is 13.8 Å². The Bertz CT molecular complexity index is 510. The van der Waals surface area contributed by atoms with Crippen molar-refractivity contribution in [3.8, 4) is 0 Å². The van der Waals surface area contributed by atoms with Gasteiger partial charge in [0.15, 0.2) is 0 Å². The average molecular weight is 306 g/mol. The van der Waals surface area contributed by atoms with Gasteiger partial charge in [-0.2, -0.15) is 5.10 Å². The Hall–Kier alpha value is -1.40. The molecule has 0 unspecified atom stereocenters. The Morgan fingerprint density at radius 3 is 3.09 bits per heavy atom. The van der Waals surface area contributed by atoms with E-state index in [1.165, 1.54) is 12.8 Å². The zero-order valence-corrected chi connectivity index (χ0v) is 13.5. The number of H-pyrrole nitrogens is 1. The first-order valence-corrected chi connectivity index (χ1v) is 8.29. The van der Waals surface area contributed by atoms with Gasteiger partial charge in [-0.25, -0.2) is 0 Å². The first-order chi connectivity index (χ1) is 10.6. The van der Waals surface area contributed by atoms with Crippen molar-refractivity contribution in [3.05, 3.63) is 17.5 Å². The fourth-order valence-electron chi connectivity index (χ4n) is 2.94. The minimum atomic E-state index is -0.118. The number of hydrogen-bond donors (Lipinski definition) is 2. The highest BCUT2D eigenvalue weighted by Crippen LogP contribution is 2.38. The molecule has 1 saturated carbocycles. The first kappa shape index (κ1) is 15.5. The Morgan fingerprint density at radius 1 is 1.55 bits per heavy atom. The molecule has 0 bridgehead atoms. The number of hydrogen-bond acceptors (Lipinski definition) is 4. The van der Waals surface area contributed by atoms with Crippen LogP contribution in [0.15, 0.2) is 6.07 Å². The van der Waals surface area contributed by atoms with E-state index in [0.717, 1.165) is 31.9 Å². The van der Waals surface area contributed by atoms with E-state index in [0.29, 0.717) is 24.1 Å². The molecule has 1 aromatic heterocycles. The Kier molecular flexibility index (Phi) is 4.78. The summed E-state index contributed by atoms with van der Waals surface area (Å²) in [6.07, 6.45) is 2.47. The largest absolute Gasteiger partial charge is 0.374 e. The number of rotatable bonds is 6. The minimum absolute atomic E-state index is 0.0679. The van der Waals surface area contributed by atoms with Crippen LogP contribution in [0.1, 0.15) is 48.8 Å². The molecule has 2 N–H and O–H groups in total. The first-order valence-electron chi connectivity index (χ1n) is 8.29. The molecule has 6 nitrogen and oxygen atoms in total. The van der Waals surface area contributed by atoms with Crippen LogP contribution in [0.25, 0.3) is 0 Å². The van der Waals surface area contributed by atoms with Gasteiger partial charge in [0, 0.05) is 37.8 Å². The van der Waals surface area contributed by atoms with Gasteiger partial charge in [0.2, 0.25) is 0 Å². The zero-order valence-electron chi connectivity index (χ0n) is 13.5. The highest BCUT2D eigenvalue weighted by Gasteiger charge is 2.27. The second kappa shape index (κ2) is 6.79. The van der Waals surface area contributed by atoms with E-state index in [1.54, 1.807) is 0 Å². The van der Waals surface area contributed by atoms with Crippen LogP contribution in [0.4, 0.5) is 0 Å². The third kappa shape index (κ3) is 4.08. The monoisotopic (exact) mass is 306 g/mol. The zero-order chi connectivity index (χ0) is 15.5. The molecule has 122 valence electrons. The number of nitrogens with one attached hydrogen (secondary N) is 2. The van der Waals surface area contributed by atoms with Gasteiger partial charge >= 0.3 is 0 Å². The molecule has 0 aromatic carbocycles. The molecule has 1 amide bonds. The molecule has 1 saturated heterocycles. The summed E-state index contributed by atoms with van der Waals surface area (Å²) in [5.41, 5.74) is 1.57. The van der Waals surface area contributed by atoms with Crippen molar-refractivity contribution >= 4 is 5.91 Å². The summed E-state index contributed by atoms with van der Waals surface area (Å²) < 4.78 is 5.74. The standard InChI is InChI=1S/C16H26N4O2/c1-11(2)9-20-5-6-22-13(10-20)8-17-16(21)15-7-14(18-19-15)12-3-4-12/h7,11-13H,3-6,8-10H2,1-2H3,(H,17,21)(H,18,19)/t13-/m1/s1. The fourth-order valence-corrected chi connectivity index (χ4v) is 2.94. The molecule has 2 fully saturated rings. The maximum absolute atomic E-state index is 12.1. The van der Waals surface area contributed by atoms with E-state index in [2.05, 4.69) is 34.3 Å². The topological polar surface area (TPSA) is 70.2 Å². The summed E-state index contributed by atoms with van der Waals surface area (Å²) in [5.74, 6) is 1.12. The van der Waals surface area contributed by atoms with Crippen molar-refractivity contribution in [2.75, 3.05) is 32.8 Å². The molecule has 2 heterocycles. The lowest BCUT2D eigenvalue weighted by Crippen LogP contribution is -2.48. The molecular formula is C16H26N4O2. The number of nitrogens with zero attached hydrogens (tertiary/aromatic N) is 2. The summed E-state index contributed by atoms with van der Waals surface area (Å²) in [6.45, 7) is 8.67. The summed E-state index contributed by atoms with van der Waals surface area (Å²) in [4.78, 5) is 14.5. The number of aromatic amines is 1. The predicted molar refractivity (Wildman–Crippen MR) is 83.9 cm³/mol. The molecule has 3 rings (SSSR count). The normalized spacial score (nSPS) is 23.0. The van der Waals surface area contributed by atoms with Crippen LogP contribution in [0, 0.1) is 5.92 Å². The predicted octanol–water partition coefficient (Wildman–Crippen LogP) is 1.37. The second-order valence-electron chi connectivity index (χ2n) is 6.84. The second-order valence-corrected chi connectivity index (χ2v) is 6.84. The van der Waals surface area contributed by atoms with Crippen LogP contribution in [-0.4, -0.2) is 59.9 Å². The van der Waals surface area contributed by atoms with E-state index in [4.69, 9.17) is 4.74 Å². The SMILES string of the molecule is CC(C)CN1CCO[C@H](CNC(=O)c2cc(C3CC3)[nH]n2)C1. The summed E-state index contributed by atoms with van der Waals surface area (Å²) in [5, 5.41) is 10.0. The lowest BCUT2D eigenvalue weighted by atomic mass is 10.2. The van der Waals surface area contributed by atoms with Crippen LogP contribution >= 0.6 is 0 Å². The molecule has 22 heavy (non-hydrogen) atoms. The Morgan fingerprint density at radius 2 is 2.36 bits per heavy atom. The van der Waals surface area contributed by atoms with E-state index in [1.807, 2.05) is 6.07 Å². The van der Waals surface area contributed by atoms with Crippen molar-refractivity contribution in [1.82, 2.24) is 20.4 Å². The van der Waals surface area contributed by atoms with Gasteiger partial charge < -0.3 is 10.1 Å². The summed E-state index contributed by atoms with van der Waals surface area (Å²) in [7, 11) is 0. The highest BCUT2D eigenvalue weighted by atomic mass is 16.5. The van der Waals surface area contributed by atoms with Crippen molar-refractivity contribution < 1.29 is 9.53 Å². The molecule has 1 aliphatic heterocycles. The van der Waals surface area contributed by atoms with Crippen LogP contribution in [0.3, 0.4) is 0 Å². The van der Waals surface area contributed by atoms with Crippen molar-refractivity contribution in [2.45, 2.75) is 38.7 Å². The van der Waals surface area contributed by atoms with Crippen molar-refractivity contribution in [2.24, 2.45) is 5.92 Å². The van der Waals surface area contributed by atoms with Crippen LogP contribution in [0.5, 0.6) is 0 Å². The molecule has 1 atom stereocenters. The van der Waals surface area contributed by atoms with Gasteiger partial charge in [0.05, 0.1) is 12.7 Å². The number of aromatic nitrogens is 2. The Balaban J connectivity index is 1.45. The number of carbonyl (C=O) groups excluding carboxylic acids is 1. The average Bonchev–Trinajstić information content (AvgIpc) is 3.22. The van der Waals surface area contributed by atoms with Crippen molar-refractivity contribution in [1.29, 1.82) is 0 Å². The number of carbonyl (C=O) groups is 1. The van der Waals surface area contributed by atoms with Gasteiger partial charge in [-0.05, 0) is 24.8 Å². The maximum Gasteiger partial charge on any atom is 0.271 e. The Labute approximate surface area is 131 Å². The smallest absolute Gasteiger partial charge is 0.271 e.